The summed E-state index contributed by atoms with van der Waals surface area (Å²) in [4.78, 5) is 19.8. The van der Waals surface area contributed by atoms with Crippen LogP contribution < -0.4 is 9.92 Å². The van der Waals surface area contributed by atoms with Gasteiger partial charge >= 0.3 is 10.1 Å². The lowest BCUT2D eigenvalue weighted by molar-refractivity contribution is -0.140. The van der Waals surface area contributed by atoms with Gasteiger partial charge in [0.2, 0.25) is 5.54 Å². The molecule has 2 aromatic carbocycles. The Hall–Kier alpha value is -3.43. The highest BCUT2D eigenvalue weighted by atomic mass is 32.2. The van der Waals surface area contributed by atoms with E-state index in [4.69, 9.17) is 14.7 Å². The normalized spacial score (nSPS) is 24.3. The molecule has 1 heterocycles. The lowest BCUT2D eigenvalue weighted by atomic mass is 9.68. The van der Waals surface area contributed by atoms with Gasteiger partial charge in [0, 0.05) is 20.6 Å². The summed E-state index contributed by atoms with van der Waals surface area (Å²) in [6.07, 6.45) is 6.50. The summed E-state index contributed by atoms with van der Waals surface area (Å²) in [5.41, 5.74) is 5.95. The van der Waals surface area contributed by atoms with Gasteiger partial charge in [0.25, 0.3) is 5.91 Å². The highest BCUT2D eigenvalue weighted by molar-refractivity contribution is 7.87. The number of rotatable bonds is 8. The van der Waals surface area contributed by atoms with Gasteiger partial charge in [0.05, 0.1) is 5.75 Å². The Morgan fingerprint density at radius 1 is 1.11 bits per heavy atom. The number of guanidine groups is 1. The standard InChI is InChI=1S/C26H29N3O5S/c1-4-17-35(31,32)34-22-14-12-21(13-15-22)26(23(30)29(2)24(27)28-26)25(33-3)16-8-11-20(18-25)19-9-6-5-7-10-19/h5-16H,4,17-18H2,1-3H3,(H2,27,28). The van der Waals surface area contributed by atoms with Gasteiger partial charge < -0.3 is 14.7 Å². The maximum atomic E-state index is 13.8. The number of carbonyl (C=O) groups is 1. The van der Waals surface area contributed by atoms with E-state index in [9.17, 15) is 13.2 Å². The van der Waals surface area contributed by atoms with Crippen molar-refractivity contribution >= 4 is 27.6 Å². The molecule has 1 aliphatic carbocycles. The summed E-state index contributed by atoms with van der Waals surface area (Å²) >= 11 is 0. The van der Waals surface area contributed by atoms with E-state index in [1.54, 1.807) is 33.2 Å². The Morgan fingerprint density at radius 2 is 1.80 bits per heavy atom. The average molecular weight is 496 g/mol. The number of benzene rings is 2. The number of amides is 1. The van der Waals surface area contributed by atoms with Gasteiger partial charge in [-0.05, 0) is 41.3 Å². The molecule has 8 nitrogen and oxygen atoms in total. The molecule has 1 amide bonds. The molecule has 1 aliphatic heterocycles. The summed E-state index contributed by atoms with van der Waals surface area (Å²) in [5.74, 6) is -0.206. The predicted molar refractivity (Wildman–Crippen MR) is 135 cm³/mol. The summed E-state index contributed by atoms with van der Waals surface area (Å²) in [5, 5.41) is 0. The van der Waals surface area contributed by atoms with Crippen molar-refractivity contribution < 1.29 is 22.1 Å². The third-order valence-corrected chi connectivity index (χ3v) is 7.78. The number of carbonyl (C=O) groups excluding carboxylic acids is 1. The maximum Gasteiger partial charge on any atom is 0.309 e. The Labute approximate surface area is 205 Å². The molecule has 184 valence electrons. The molecule has 2 aliphatic rings. The number of ether oxygens (including phenoxy) is 1. The van der Waals surface area contributed by atoms with E-state index in [0.717, 1.165) is 11.1 Å². The second kappa shape index (κ2) is 9.31. The quantitative estimate of drug-likeness (QED) is 0.563. The minimum Gasteiger partial charge on any atom is -0.382 e. The summed E-state index contributed by atoms with van der Waals surface area (Å²) in [7, 11) is -0.583. The van der Waals surface area contributed by atoms with Crippen LogP contribution in [-0.4, -0.2) is 50.7 Å². The van der Waals surface area contributed by atoms with Crippen LogP contribution in [0, 0.1) is 0 Å². The van der Waals surface area contributed by atoms with E-state index in [-0.39, 0.29) is 23.4 Å². The van der Waals surface area contributed by atoms with Crippen LogP contribution in [0.1, 0.15) is 30.9 Å². The van der Waals surface area contributed by atoms with Crippen molar-refractivity contribution in [1.82, 2.24) is 4.90 Å². The Kier molecular flexibility index (Phi) is 6.57. The molecule has 0 spiro atoms. The minimum absolute atomic E-state index is 0.0708. The number of aliphatic imine (C=N–C) groups is 1. The third kappa shape index (κ3) is 4.26. The number of hydrogen-bond acceptors (Lipinski definition) is 7. The van der Waals surface area contributed by atoms with Crippen LogP contribution in [0.3, 0.4) is 0 Å². The van der Waals surface area contributed by atoms with E-state index < -0.39 is 21.3 Å². The molecule has 0 bridgehead atoms. The predicted octanol–water partition coefficient (Wildman–Crippen LogP) is 3.22. The fourth-order valence-corrected chi connectivity index (χ4v) is 5.63. The first kappa shape index (κ1) is 24.7. The monoisotopic (exact) mass is 495 g/mol. The molecule has 35 heavy (non-hydrogen) atoms. The van der Waals surface area contributed by atoms with Gasteiger partial charge in [-0.25, -0.2) is 4.99 Å². The number of nitrogens with two attached hydrogens (primary N) is 1. The number of likely N-dealkylation sites (N-methyl/N-ethyl adjacent to an activating group) is 1. The summed E-state index contributed by atoms with van der Waals surface area (Å²) in [6, 6.07) is 16.2. The molecule has 0 aromatic heterocycles. The van der Waals surface area contributed by atoms with Gasteiger partial charge in [0.1, 0.15) is 11.4 Å². The van der Waals surface area contributed by atoms with E-state index in [1.165, 1.54) is 17.0 Å². The molecule has 9 heteroatoms. The fourth-order valence-electron chi connectivity index (χ4n) is 4.65. The van der Waals surface area contributed by atoms with Gasteiger partial charge in [0.15, 0.2) is 5.96 Å². The number of nitrogens with zero attached hydrogens (tertiary/aromatic N) is 2. The van der Waals surface area contributed by atoms with Crippen LogP contribution in [0.25, 0.3) is 5.57 Å². The first-order valence-electron chi connectivity index (χ1n) is 11.3. The van der Waals surface area contributed by atoms with Crippen LogP contribution in [0.2, 0.25) is 0 Å². The number of hydrogen-bond donors (Lipinski definition) is 1. The third-order valence-electron chi connectivity index (χ3n) is 6.43. The van der Waals surface area contributed by atoms with Crippen molar-refractivity contribution in [2.75, 3.05) is 19.9 Å². The molecular formula is C26H29N3O5S. The molecule has 0 saturated heterocycles. The molecule has 4 rings (SSSR count). The van der Waals surface area contributed by atoms with Crippen molar-refractivity contribution in [3.05, 3.63) is 84.0 Å². The zero-order chi connectivity index (χ0) is 25.3. The van der Waals surface area contributed by atoms with Crippen LogP contribution in [0.15, 0.2) is 77.8 Å². The molecule has 0 saturated carbocycles. The molecule has 2 atom stereocenters. The van der Waals surface area contributed by atoms with Gasteiger partial charge in [-0.15, -0.1) is 0 Å². The van der Waals surface area contributed by atoms with Crippen molar-refractivity contribution in [2.24, 2.45) is 10.7 Å². The smallest absolute Gasteiger partial charge is 0.309 e. The Morgan fingerprint density at radius 3 is 2.37 bits per heavy atom. The van der Waals surface area contributed by atoms with Gasteiger partial charge in [-0.3, -0.25) is 9.69 Å². The molecule has 0 fully saturated rings. The first-order chi connectivity index (χ1) is 16.7. The molecule has 0 radical (unpaired) electrons. The average Bonchev–Trinajstić information content (AvgIpc) is 3.09. The Balaban J connectivity index is 1.81. The van der Waals surface area contributed by atoms with E-state index in [1.807, 2.05) is 48.6 Å². The molecule has 2 unspecified atom stereocenters. The van der Waals surface area contributed by atoms with Crippen LogP contribution in [0.4, 0.5) is 0 Å². The fraction of sp³-hybridized carbons (Fsp3) is 0.308. The van der Waals surface area contributed by atoms with Crippen LogP contribution in [0.5, 0.6) is 5.75 Å². The molecule has 2 aromatic rings. The van der Waals surface area contributed by atoms with E-state index in [2.05, 4.69) is 4.99 Å². The highest BCUT2D eigenvalue weighted by Gasteiger charge is 2.62. The zero-order valence-corrected chi connectivity index (χ0v) is 20.8. The second-order valence-electron chi connectivity index (χ2n) is 8.60. The summed E-state index contributed by atoms with van der Waals surface area (Å²) in [6.45, 7) is 1.76. The second-order valence-corrected chi connectivity index (χ2v) is 10.3. The Bertz CT molecular complexity index is 1300. The van der Waals surface area contributed by atoms with E-state index >= 15 is 0 Å². The number of methoxy groups -OCH3 is 1. The van der Waals surface area contributed by atoms with Gasteiger partial charge in [-0.2, -0.15) is 8.42 Å². The van der Waals surface area contributed by atoms with Crippen molar-refractivity contribution in [2.45, 2.75) is 30.9 Å². The van der Waals surface area contributed by atoms with Crippen LogP contribution >= 0.6 is 0 Å². The summed E-state index contributed by atoms with van der Waals surface area (Å²) < 4.78 is 35.5. The molecule has 2 N–H and O–H groups in total. The van der Waals surface area contributed by atoms with Crippen molar-refractivity contribution in [3.8, 4) is 5.75 Å². The maximum absolute atomic E-state index is 13.8. The highest BCUT2D eigenvalue weighted by Crippen LogP contribution is 2.50. The topological polar surface area (TPSA) is 111 Å². The van der Waals surface area contributed by atoms with Crippen molar-refractivity contribution in [3.63, 3.8) is 0 Å². The van der Waals surface area contributed by atoms with Crippen molar-refractivity contribution in [1.29, 1.82) is 0 Å². The van der Waals surface area contributed by atoms with Crippen LogP contribution in [-0.2, 0) is 25.2 Å². The minimum atomic E-state index is -3.70. The lowest BCUT2D eigenvalue weighted by Crippen LogP contribution is -2.57. The largest absolute Gasteiger partial charge is 0.382 e. The molecular weight excluding hydrogens is 466 g/mol. The lowest BCUT2D eigenvalue weighted by Gasteiger charge is -2.44. The zero-order valence-electron chi connectivity index (χ0n) is 20.0. The number of allylic oxidation sites excluding steroid dienone is 2. The SMILES string of the molecule is CCCS(=O)(=O)Oc1ccc(C2(C3(OC)C=CC=C(c4ccccc4)C3)N=C(N)N(C)C2=O)cc1. The van der Waals surface area contributed by atoms with E-state index in [0.29, 0.717) is 18.4 Å². The first-order valence-corrected chi connectivity index (χ1v) is 12.9. The van der Waals surface area contributed by atoms with Gasteiger partial charge in [-0.1, -0.05) is 61.5 Å².